The number of nitrogens with one attached hydrogen (secondary N) is 1. The summed E-state index contributed by atoms with van der Waals surface area (Å²) in [4.78, 5) is 15.5. The van der Waals surface area contributed by atoms with E-state index in [0.717, 1.165) is 0 Å². The quantitative estimate of drug-likeness (QED) is 0.803. The molecule has 0 aliphatic rings. The normalized spacial score (nSPS) is 11.5. The van der Waals surface area contributed by atoms with Crippen LogP contribution in [-0.4, -0.2) is 23.3 Å². The first-order valence-electron chi connectivity index (χ1n) is 6.55. The van der Waals surface area contributed by atoms with Crippen molar-refractivity contribution in [3.05, 3.63) is 54.7 Å². The third kappa shape index (κ3) is 2.46. The largest absolute Gasteiger partial charge is 0.311 e. The molecular formula is C15H13N3O3S. The minimum Gasteiger partial charge on any atom is -0.311 e. The lowest BCUT2D eigenvalue weighted by Gasteiger charge is -2.07. The van der Waals surface area contributed by atoms with Crippen molar-refractivity contribution in [1.29, 1.82) is 0 Å². The Balaban J connectivity index is 2.11. The highest BCUT2D eigenvalue weighted by Crippen LogP contribution is 2.22. The molecule has 0 atom stereocenters. The van der Waals surface area contributed by atoms with E-state index >= 15 is 0 Å². The zero-order chi connectivity index (χ0) is 15.7. The molecule has 2 aromatic heterocycles. The Labute approximate surface area is 127 Å². The van der Waals surface area contributed by atoms with Crippen LogP contribution in [0, 0.1) is 0 Å². The first-order valence-corrected chi connectivity index (χ1v) is 7.99. The number of pyridine rings is 1. The smallest absolute Gasteiger partial charge is 0.268 e. The molecule has 0 saturated heterocycles. The minimum absolute atomic E-state index is 0.207. The molecule has 0 saturated carbocycles. The van der Waals surface area contributed by atoms with Crippen LogP contribution in [0.5, 0.6) is 0 Å². The predicted octanol–water partition coefficient (Wildman–Crippen LogP) is 2.23. The third-order valence-corrected chi connectivity index (χ3v) is 4.82. The van der Waals surface area contributed by atoms with Crippen molar-refractivity contribution in [3.8, 4) is 0 Å². The highest BCUT2D eigenvalue weighted by atomic mass is 32.2. The molecular weight excluding hydrogens is 302 g/mol. The summed E-state index contributed by atoms with van der Waals surface area (Å²) in [6.45, 7) is 1.39. The molecule has 22 heavy (non-hydrogen) atoms. The van der Waals surface area contributed by atoms with Crippen LogP contribution in [0.2, 0.25) is 0 Å². The second-order valence-corrected chi connectivity index (χ2v) is 6.53. The van der Waals surface area contributed by atoms with Gasteiger partial charge in [-0.1, -0.05) is 18.2 Å². The summed E-state index contributed by atoms with van der Waals surface area (Å²) < 4.78 is 26.5. The molecule has 1 aromatic carbocycles. The molecule has 1 N–H and O–H groups in total. The van der Waals surface area contributed by atoms with Crippen LogP contribution in [0.4, 0.5) is 5.82 Å². The van der Waals surface area contributed by atoms with Crippen molar-refractivity contribution in [2.24, 2.45) is 0 Å². The number of carbonyl (C=O) groups excluding carboxylic acids is 1. The van der Waals surface area contributed by atoms with E-state index < -0.39 is 10.0 Å². The van der Waals surface area contributed by atoms with E-state index in [9.17, 15) is 13.2 Å². The maximum atomic E-state index is 12.6. The lowest BCUT2D eigenvalue weighted by molar-refractivity contribution is -0.114. The molecule has 6 nitrogen and oxygen atoms in total. The molecule has 0 spiro atoms. The molecule has 3 rings (SSSR count). The number of aromatic nitrogens is 2. The molecule has 0 aliphatic heterocycles. The zero-order valence-electron chi connectivity index (χ0n) is 11.7. The molecule has 0 aliphatic carbocycles. The molecule has 0 unspecified atom stereocenters. The Bertz CT molecular complexity index is 947. The fraction of sp³-hybridized carbons (Fsp3) is 0.0667. The Morgan fingerprint density at radius 1 is 1.09 bits per heavy atom. The van der Waals surface area contributed by atoms with Crippen LogP contribution < -0.4 is 5.32 Å². The number of hydrogen-bond acceptors (Lipinski definition) is 4. The van der Waals surface area contributed by atoms with E-state index in [1.54, 1.807) is 48.5 Å². The van der Waals surface area contributed by atoms with Crippen molar-refractivity contribution < 1.29 is 13.2 Å². The maximum absolute atomic E-state index is 12.6. The van der Waals surface area contributed by atoms with Gasteiger partial charge in [0.05, 0.1) is 15.9 Å². The summed E-state index contributed by atoms with van der Waals surface area (Å²) in [5.41, 5.74) is 0.948. The van der Waals surface area contributed by atoms with E-state index in [2.05, 4.69) is 10.3 Å². The number of carbonyl (C=O) groups is 1. The standard InChI is InChI=1S/C15H13N3O3S/c1-11(19)16-15-8-7-14-13(17-15)9-10-18(14)22(20,21)12-5-3-2-4-6-12/h2-10H,1H3,(H,16,17,19). The summed E-state index contributed by atoms with van der Waals surface area (Å²) in [6, 6.07) is 13.0. The van der Waals surface area contributed by atoms with Gasteiger partial charge in [-0.25, -0.2) is 17.4 Å². The second-order valence-electron chi connectivity index (χ2n) is 4.71. The van der Waals surface area contributed by atoms with Gasteiger partial charge in [-0.05, 0) is 30.3 Å². The number of fused-ring (bicyclic) bond motifs is 1. The van der Waals surface area contributed by atoms with Crippen LogP contribution in [0.1, 0.15) is 6.92 Å². The van der Waals surface area contributed by atoms with Gasteiger partial charge in [-0.3, -0.25) is 4.79 Å². The van der Waals surface area contributed by atoms with Gasteiger partial charge >= 0.3 is 0 Å². The SMILES string of the molecule is CC(=O)Nc1ccc2c(ccn2S(=O)(=O)c2ccccc2)n1. The number of rotatable bonds is 3. The van der Waals surface area contributed by atoms with Crippen LogP contribution in [0.15, 0.2) is 59.6 Å². The van der Waals surface area contributed by atoms with Crippen molar-refractivity contribution in [1.82, 2.24) is 8.96 Å². The number of amides is 1. The van der Waals surface area contributed by atoms with E-state index in [0.29, 0.717) is 16.9 Å². The fourth-order valence-corrected chi connectivity index (χ4v) is 3.52. The van der Waals surface area contributed by atoms with E-state index in [4.69, 9.17) is 0 Å². The Hall–Kier alpha value is -2.67. The van der Waals surface area contributed by atoms with Crippen molar-refractivity contribution in [2.75, 3.05) is 5.32 Å². The van der Waals surface area contributed by atoms with Crippen LogP contribution in [0.25, 0.3) is 11.0 Å². The fourth-order valence-electron chi connectivity index (χ4n) is 2.16. The lowest BCUT2D eigenvalue weighted by atomic mass is 10.4. The minimum atomic E-state index is -3.67. The molecule has 0 radical (unpaired) electrons. The first kappa shape index (κ1) is 14.3. The van der Waals surface area contributed by atoms with Gasteiger partial charge in [0, 0.05) is 13.1 Å². The Morgan fingerprint density at radius 3 is 2.50 bits per heavy atom. The van der Waals surface area contributed by atoms with Crippen LogP contribution in [-0.2, 0) is 14.8 Å². The van der Waals surface area contributed by atoms with Gasteiger partial charge in [0.15, 0.2) is 0 Å². The maximum Gasteiger partial charge on any atom is 0.268 e. The van der Waals surface area contributed by atoms with E-state index in [-0.39, 0.29) is 10.8 Å². The van der Waals surface area contributed by atoms with Crippen molar-refractivity contribution in [2.45, 2.75) is 11.8 Å². The predicted molar refractivity (Wildman–Crippen MR) is 83.1 cm³/mol. The number of hydrogen-bond donors (Lipinski definition) is 1. The van der Waals surface area contributed by atoms with Gasteiger partial charge < -0.3 is 5.32 Å². The summed E-state index contributed by atoms with van der Waals surface area (Å²) in [5.74, 6) is 0.151. The van der Waals surface area contributed by atoms with Gasteiger partial charge in [0.1, 0.15) is 5.82 Å². The highest BCUT2D eigenvalue weighted by molar-refractivity contribution is 7.90. The van der Waals surface area contributed by atoms with E-state index in [1.807, 2.05) is 0 Å². The number of nitrogens with zero attached hydrogens (tertiary/aromatic N) is 2. The molecule has 0 fully saturated rings. The topological polar surface area (TPSA) is 81.1 Å². The van der Waals surface area contributed by atoms with Crippen molar-refractivity contribution >= 4 is 32.8 Å². The molecule has 0 bridgehead atoms. The number of benzene rings is 1. The average Bonchev–Trinajstić information content (AvgIpc) is 2.91. The molecule has 1 amide bonds. The molecule has 3 aromatic rings. The van der Waals surface area contributed by atoms with Crippen LogP contribution in [0.3, 0.4) is 0 Å². The van der Waals surface area contributed by atoms with Gasteiger partial charge in [0.2, 0.25) is 5.91 Å². The Morgan fingerprint density at radius 2 is 1.82 bits per heavy atom. The second kappa shape index (κ2) is 5.27. The Kier molecular flexibility index (Phi) is 3.42. The van der Waals surface area contributed by atoms with Gasteiger partial charge in [-0.15, -0.1) is 0 Å². The first-order chi connectivity index (χ1) is 10.5. The van der Waals surface area contributed by atoms with Gasteiger partial charge in [-0.2, -0.15) is 0 Å². The van der Waals surface area contributed by atoms with E-state index in [1.165, 1.54) is 17.1 Å². The average molecular weight is 315 g/mol. The van der Waals surface area contributed by atoms with Gasteiger partial charge in [0.25, 0.3) is 10.0 Å². The van der Waals surface area contributed by atoms with Crippen molar-refractivity contribution in [3.63, 3.8) is 0 Å². The molecule has 112 valence electrons. The third-order valence-electron chi connectivity index (χ3n) is 3.11. The summed E-state index contributed by atoms with van der Waals surface area (Å²) >= 11 is 0. The summed E-state index contributed by atoms with van der Waals surface area (Å²) in [7, 11) is -3.67. The number of anilines is 1. The summed E-state index contributed by atoms with van der Waals surface area (Å²) in [6.07, 6.45) is 1.46. The zero-order valence-corrected chi connectivity index (χ0v) is 12.5. The molecule has 2 heterocycles. The van der Waals surface area contributed by atoms with Crippen LogP contribution >= 0.6 is 0 Å². The highest BCUT2D eigenvalue weighted by Gasteiger charge is 2.18. The summed E-state index contributed by atoms with van der Waals surface area (Å²) in [5, 5.41) is 2.57. The lowest BCUT2D eigenvalue weighted by Crippen LogP contribution is -2.12. The monoisotopic (exact) mass is 315 g/mol. The molecule has 7 heteroatoms.